The Balaban J connectivity index is 2.55. The first-order valence-corrected chi connectivity index (χ1v) is 6.10. The molecule has 0 radical (unpaired) electrons. The molecule has 0 bridgehead atoms. The average Bonchev–Trinajstić information content (AvgIpc) is 2.28. The van der Waals surface area contributed by atoms with Gasteiger partial charge in [-0.15, -0.1) is 0 Å². The molecule has 0 spiro atoms. The van der Waals surface area contributed by atoms with Gasteiger partial charge in [0.1, 0.15) is 0 Å². The van der Waals surface area contributed by atoms with E-state index in [9.17, 15) is 14.5 Å². The summed E-state index contributed by atoms with van der Waals surface area (Å²) in [6, 6.07) is 3.88. The van der Waals surface area contributed by atoms with Crippen molar-refractivity contribution in [1.82, 2.24) is 5.32 Å². The molecule has 6 heteroatoms. The second-order valence-corrected chi connectivity index (χ2v) is 5.28. The number of hydrogen-bond acceptors (Lipinski definition) is 4. The molecule has 0 saturated carbocycles. The molecule has 5 nitrogen and oxygen atoms in total. The lowest BCUT2D eigenvalue weighted by atomic mass is 9.90. The zero-order chi connectivity index (χ0) is 14.5. The monoisotopic (exact) mass is 270 g/mol. The summed E-state index contributed by atoms with van der Waals surface area (Å²) >= 11 is 0. The van der Waals surface area contributed by atoms with Crippen LogP contribution in [0.15, 0.2) is 18.2 Å². The van der Waals surface area contributed by atoms with Crippen LogP contribution in [0.3, 0.4) is 0 Å². The third kappa shape index (κ3) is 4.92. The van der Waals surface area contributed by atoms with E-state index in [1.807, 2.05) is 13.8 Å². The van der Waals surface area contributed by atoms with Crippen LogP contribution < -0.4 is 5.32 Å². The van der Waals surface area contributed by atoms with Gasteiger partial charge in [0.2, 0.25) is 5.82 Å². The van der Waals surface area contributed by atoms with E-state index in [0.717, 1.165) is 0 Å². The summed E-state index contributed by atoms with van der Waals surface area (Å²) in [5.41, 5.74) is 0.0981. The van der Waals surface area contributed by atoms with Crippen molar-refractivity contribution >= 4 is 5.69 Å². The van der Waals surface area contributed by atoms with Crippen molar-refractivity contribution in [3.8, 4) is 0 Å². The highest BCUT2D eigenvalue weighted by atomic mass is 19.1. The third-order valence-electron chi connectivity index (χ3n) is 2.93. The van der Waals surface area contributed by atoms with Gasteiger partial charge in [-0.3, -0.25) is 10.1 Å². The van der Waals surface area contributed by atoms with Gasteiger partial charge in [0.15, 0.2) is 0 Å². The molecule has 0 saturated heterocycles. The standard InChI is InChI=1S/C13H19FN2O3/c1-13(2,5-6-17)9-15-8-10-3-4-12(16(18)19)11(14)7-10/h3-4,7,15,17H,5-6,8-9H2,1-2H3. The predicted molar refractivity (Wildman–Crippen MR) is 70.2 cm³/mol. The Morgan fingerprint density at radius 3 is 2.68 bits per heavy atom. The molecule has 106 valence electrons. The molecular formula is C13H19FN2O3. The van der Waals surface area contributed by atoms with Gasteiger partial charge in [-0.25, -0.2) is 0 Å². The number of nitro groups is 1. The molecule has 0 atom stereocenters. The minimum Gasteiger partial charge on any atom is -0.396 e. The molecule has 1 aromatic rings. The summed E-state index contributed by atoms with van der Waals surface area (Å²) in [5.74, 6) is -0.820. The Morgan fingerprint density at radius 2 is 2.16 bits per heavy atom. The lowest BCUT2D eigenvalue weighted by molar-refractivity contribution is -0.387. The highest BCUT2D eigenvalue weighted by molar-refractivity contribution is 5.34. The zero-order valence-electron chi connectivity index (χ0n) is 11.1. The van der Waals surface area contributed by atoms with E-state index < -0.39 is 16.4 Å². The van der Waals surface area contributed by atoms with Crippen molar-refractivity contribution in [2.45, 2.75) is 26.8 Å². The molecule has 0 fully saturated rings. The number of aliphatic hydroxyl groups excluding tert-OH is 1. The highest BCUT2D eigenvalue weighted by Crippen LogP contribution is 2.20. The number of nitrogens with one attached hydrogen (secondary N) is 1. The predicted octanol–water partition coefficient (Wildman–Crippen LogP) is 2.23. The maximum absolute atomic E-state index is 13.4. The van der Waals surface area contributed by atoms with Crippen LogP contribution in [0.2, 0.25) is 0 Å². The summed E-state index contributed by atoms with van der Waals surface area (Å²) in [7, 11) is 0. The lowest BCUT2D eigenvalue weighted by Crippen LogP contribution is -2.29. The topological polar surface area (TPSA) is 75.4 Å². The number of benzene rings is 1. The van der Waals surface area contributed by atoms with Crippen molar-refractivity contribution in [1.29, 1.82) is 0 Å². The van der Waals surface area contributed by atoms with Crippen LogP contribution in [0, 0.1) is 21.3 Å². The molecular weight excluding hydrogens is 251 g/mol. The Hall–Kier alpha value is -1.53. The van der Waals surface area contributed by atoms with Gasteiger partial charge in [-0.1, -0.05) is 19.9 Å². The Morgan fingerprint density at radius 1 is 1.47 bits per heavy atom. The molecule has 19 heavy (non-hydrogen) atoms. The second-order valence-electron chi connectivity index (χ2n) is 5.28. The number of aliphatic hydroxyl groups is 1. The summed E-state index contributed by atoms with van der Waals surface area (Å²) in [5, 5.41) is 22.5. The van der Waals surface area contributed by atoms with E-state index in [-0.39, 0.29) is 12.0 Å². The molecule has 0 aliphatic heterocycles. The van der Waals surface area contributed by atoms with Crippen molar-refractivity contribution in [2.24, 2.45) is 5.41 Å². The van der Waals surface area contributed by atoms with E-state index >= 15 is 0 Å². The Kier molecular flexibility index (Phi) is 5.38. The third-order valence-corrected chi connectivity index (χ3v) is 2.93. The van der Waals surface area contributed by atoms with Gasteiger partial charge in [0.05, 0.1) is 4.92 Å². The SMILES string of the molecule is CC(C)(CCO)CNCc1ccc([N+](=O)[O-])c(F)c1. The molecule has 2 N–H and O–H groups in total. The summed E-state index contributed by atoms with van der Waals surface area (Å²) in [6.45, 7) is 5.27. The van der Waals surface area contributed by atoms with Crippen molar-refractivity contribution in [2.75, 3.05) is 13.2 Å². The van der Waals surface area contributed by atoms with Crippen LogP contribution in [0.5, 0.6) is 0 Å². The van der Waals surface area contributed by atoms with E-state index in [2.05, 4.69) is 5.32 Å². The van der Waals surface area contributed by atoms with Gasteiger partial charge in [0, 0.05) is 25.8 Å². The fraction of sp³-hybridized carbons (Fsp3) is 0.538. The van der Waals surface area contributed by atoms with Crippen LogP contribution in [0.1, 0.15) is 25.8 Å². The Labute approximate surface area is 111 Å². The summed E-state index contributed by atoms with van der Waals surface area (Å²) in [6.07, 6.45) is 0.675. The van der Waals surface area contributed by atoms with Crippen LogP contribution >= 0.6 is 0 Å². The summed E-state index contributed by atoms with van der Waals surface area (Å²) < 4.78 is 13.4. The maximum Gasteiger partial charge on any atom is 0.304 e. The van der Waals surface area contributed by atoms with Gasteiger partial charge in [-0.2, -0.15) is 4.39 Å². The summed E-state index contributed by atoms with van der Waals surface area (Å²) in [4.78, 5) is 9.74. The minimum absolute atomic E-state index is 0.0475. The van der Waals surface area contributed by atoms with Gasteiger partial charge in [0.25, 0.3) is 0 Å². The normalized spacial score (nSPS) is 11.6. The average molecular weight is 270 g/mol. The van der Waals surface area contributed by atoms with Crippen molar-refractivity contribution in [3.05, 3.63) is 39.7 Å². The fourth-order valence-electron chi connectivity index (χ4n) is 1.74. The lowest BCUT2D eigenvalue weighted by Gasteiger charge is -2.23. The first-order valence-electron chi connectivity index (χ1n) is 6.10. The molecule has 0 aliphatic rings. The number of hydrogen-bond donors (Lipinski definition) is 2. The molecule has 0 heterocycles. The first-order chi connectivity index (χ1) is 8.85. The van der Waals surface area contributed by atoms with Crippen LogP contribution in [-0.4, -0.2) is 23.2 Å². The van der Waals surface area contributed by atoms with Crippen LogP contribution in [0.25, 0.3) is 0 Å². The first kappa shape index (κ1) is 15.5. The van der Waals surface area contributed by atoms with Crippen LogP contribution in [0.4, 0.5) is 10.1 Å². The number of rotatable bonds is 7. The smallest absolute Gasteiger partial charge is 0.304 e. The van der Waals surface area contributed by atoms with Crippen molar-refractivity contribution in [3.63, 3.8) is 0 Å². The highest BCUT2D eigenvalue weighted by Gasteiger charge is 2.17. The van der Waals surface area contributed by atoms with Gasteiger partial charge >= 0.3 is 5.69 Å². The van der Waals surface area contributed by atoms with E-state index in [4.69, 9.17) is 5.11 Å². The molecule has 0 aliphatic carbocycles. The van der Waals surface area contributed by atoms with Crippen molar-refractivity contribution < 1.29 is 14.4 Å². The second kappa shape index (κ2) is 6.58. The van der Waals surface area contributed by atoms with E-state index in [1.165, 1.54) is 18.2 Å². The van der Waals surface area contributed by atoms with E-state index in [1.54, 1.807) is 0 Å². The molecule has 1 aromatic carbocycles. The quantitative estimate of drug-likeness (QED) is 0.588. The molecule has 0 aromatic heterocycles. The van der Waals surface area contributed by atoms with Gasteiger partial charge in [-0.05, 0) is 23.5 Å². The fourth-order valence-corrected chi connectivity index (χ4v) is 1.74. The molecule has 0 amide bonds. The Bertz CT molecular complexity index is 450. The number of nitrogens with zero attached hydrogens (tertiary/aromatic N) is 1. The van der Waals surface area contributed by atoms with Gasteiger partial charge < -0.3 is 10.4 Å². The maximum atomic E-state index is 13.4. The molecule has 1 rings (SSSR count). The van der Waals surface area contributed by atoms with E-state index in [0.29, 0.717) is 25.1 Å². The van der Waals surface area contributed by atoms with Crippen LogP contribution in [-0.2, 0) is 6.54 Å². The minimum atomic E-state index is -0.820. The molecule has 0 unspecified atom stereocenters. The number of halogens is 1. The zero-order valence-corrected chi connectivity index (χ0v) is 11.1. The largest absolute Gasteiger partial charge is 0.396 e. The number of nitro benzene ring substituents is 1.